The van der Waals surface area contributed by atoms with Crippen LogP contribution >= 0.6 is 11.6 Å². The van der Waals surface area contributed by atoms with Crippen LogP contribution in [0.15, 0.2) is 42.5 Å². The van der Waals surface area contributed by atoms with Crippen molar-refractivity contribution in [3.63, 3.8) is 0 Å². The number of hydrogen-bond donors (Lipinski definition) is 4. The standard InChI is InChI=1S/C30H35ClFN3O7/c31-24-6-3-18(30-29(40)28(39)27(38)25(16-36)42-30)10-19(24)9-17-1-4-22(5-2-17)41-23-7-8-34(14-23)15-26(37)35-13-20(32)11-21(35)12-33/h1-6,10,20-21,23,25,27-30,36,38-40H,7-9,11,13-16H2/t20-,21-,23?,25+,27+,28-,29+,30-/m0/s1. The van der Waals surface area contributed by atoms with Gasteiger partial charge >= 0.3 is 0 Å². The predicted molar refractivity (Wildman–Crippen MR) is 150 cm³/mol. The number of benzene rings is 2. The summed E-state index contributed by atoms with van der Waals surface area (Å²) in [5.41, 5.74) is 2.29. The van der Waals surface area contributed by atoms with E-state index in [1.165, 1.54) is 4.90 Å². The molecule has 2 aromatic rings. The van der Waals surface area contributed by atoms with Gasteiger partial charge in [-0.15, -0.1) is 0 Å². The number of amides is 1. The molecule has 3 heterocycles. The molecule has 0 saturated carbocycles. The molecule has 3 aliphatic heterocycles. The molecule has 0 aliphatic carbocycles. The number of likely N-dealkylation sites (tertiary alicyclic amines) is 2. The second-order valence-corrected chi connectivity index (χ2v) is 11.6. The van der Waals surface area contributed by atoms with Crippen LogP contribution in [0.2, 0.25) is 5.02 Å². The molecule has 12 heteroatoms. The van der Waals surface area contributed by atoms with Gasteiger partial charge in [0.15, 0.2) is 0 Å². The first-order valence-corrected chi connectivity index (χ1v) is 14.4. The Labute approximate surface area is 248 Å². The van der Waals surface area contributed by atoms with Crippen LogP contribution in [-0.2, 0) is 16.0 Å². The van der Waals surface area contributed by atoms with Crippen LogP contribution in [0.1, 0.15) is 35.6 Å². The van der Waals surface area contributed by atoms with Gasteiger partial charge in [0.2, 0.25) is 5.91 Å². The van der Waals surface area contributed by atoms with E-state index in [2.05, 4.69) is 0 Å². The molecule has 5 rings (SSSR count). The molecule has 226 valence electrons. The van der Waals surface area contributed by atoms with Crippen LogP contribution in [0.5, 0.6) is 5.75 Å². The number of alkyl halides is 1. The minimum absolute atomic E-state index is 0.0273. The Morgan fingerprint density at radius 3 is 2.60 bits per heavy atom. The van der Waals surface area contributed by atoms with E-state index in [1.807, 2.05) is 35.2 Å². The van der Waals surface area contributed by atoms with Crippen LogP contribution < -0.4 is 4.74 Å². The zero-order valence-corrected chi connectivity index (χ0v) is 23.7. The number of ether oxygens (including phenoxy) is 2. The average Bonchev–Trinajstić information content (AvgIpc) is 3.59. The van der Waals surface area contributed by atoms with Crippen LogP contribution in [0, 0.1) is 11.3 Å². The molecule has 0 radical (unpaired) electrons. The Balaban J connectivity index is 1.16. The lowest BCUT2D eigenvalue weighted by atomic mass is 9.90. The zero-order valence-electron chi connectivity index (χ0n) is 22.9. The minimum Gasteiger partial charge on any atom is -0.489 e. The molecule has 0 aromatic heterocycles. The maximum Gasteiger partial charge on any atom is 0.237 e. The van der Waals surface area contributed by atoms with Gasteiger partial charge in [-0.25, -0.2) is 4.39 Å². The highest BCUT2D eigenvalue weighted by Crippen LogP contribution is 2.34. The maximum atomic E-state index is 13.7. The summed E-state index contributed by atoms with van der Waals surface area (Å²) >= 11 is 6.46. The first-order valence-electron chi connectivity index (χ1n) is 14.1. The molecule has 0 bridgehead atoms. The summed E-state index contributed by atoms with van der Waals surface area (Å²) in [5, 5.41) is 50.0. The van der Waals surface area contributed by atoms with E-state index < -0.39 is 49.3 Å². The zero-order chi connectivity index (χ0) is 30.0. The van der Waals surface area contributed by atoms with Crippen molar-refractivity contribution in [1.82, 2.24) is 9.80 Å². The molecule has 8 atom stereocenters. The highest BCUT2D eigenvalue weighted by atomic mass is 35.5. The number of halogens is 2. The van der Waals surface area contributed by atoms with Gasteiger partial charge in [0.05, 0.1) is 25.8 Å². The number of nitriles is 1. The fraction of sp³-hybridized carbons (Fsp3) is 0.533. The maximum absolute atomic E-state index is 13.7. The summed E-state index contributed by atoms with van der Waals surface area (Å²) in [6.45, 7) is 0.822. The second kappa shape index (κ2) is 13.2. The summed E-state index contributed by atoms with van der Waals surface area (Å²) in [6.07, 6.45) is -6.20. The molecular formula is C30H35ClFN3O7. The molecule has 42 heavy (non-hydrogen) atoms. The molecular weight excluding hydrogens is 569 g/mol. The van der Waals surface area contributed by atoms with Gasteiger partial charge < -0.3 is 34.8 Å². The summed E-state index contributed by atoms with van der Waals surface area (Å²) in [6, 6.07) is 14.0. The third-order valence-electron chi connectivity index (χ3n) is 8.22. The number of aliphatic hydroxyl groups excluding tert-OH is 4. The molecule has 1 unspecified atom stereocenters. The molecule has 10 nitrogen and oxygen atoms in total. The van der Waals surface area contributed by atoms with Crippen LogP contribution in [0.3, 0.4) is 0 Å². The number of carbonyl (C=O) groups is 1. The van der Waals surface area contributed by atoms with Crippen molar-refractivity contribution in [2.75, 3.05) is 32.8 Å². The first kappa shape index (κ1) is 30.6. The Morgan fingerprint density at radius 2 is 1.88 bits per heavy atom. The number of carbonyl (C=O) groups excluding carboxylic acids is 1. The van der Waals surface area contributed by atoms with Crippen molar-refractivity contribution >= 4 is 17.5 Å². The SMILES string of the molecule is N#C[C@@H]1C[C@H](F)CN1C(=O)CN1CCC(Oc2ccc(Cc3cc([C@@H]4O[C@H](CO)[C@@H](O)[C@H](O)[C@H]4O)ccc3Cl)cc2)C1. The Bertz CT molecular complexity index is 1290. The van der Waals surface area contributed by atoms with Crippen LogP contribution in [0.4, 0.5) is 4.39 Å². The van der Waals surface area contributed by atoms with Gasteiger partial charge in [-0.3, -0.25) is 9.69 Å². The first-order chi connectivity index (χ1) is 20.2. The third-order valence-corrected chi connectivity index (χ3v) is 8.59. The molecule has 0 spiro atoms. The van der Waals surface area contributed by atoms with E-state index in [0.29, 0.717) is 35.8 Å². The number of hydrogen-bond acceptors (Lipinski definition) is 9. The molecule has 3 fully saturated rings. The van der Waals surface area contributed by atoms with Crippen molar-refractivity contribution in [3.8, 4) is 11.8 Å². The smallest absolute Gasteiger partial charge is 0.237 e. The lowest BCUT2D eigenvalue weighted by molar-refractivity contribution is -0.231. The Morgan fingerprint density at radius 1 is 1.12 bits per heavy atom. The van der Waals surface area contributed by atoms with Gasteiger partial charge in [-0.2, -0.15) is 5.26 Å². The van der Waals surface area contributed by atoms with Crippen LogP contribution in [-0.4, -0.2) is 112 Å². The fourth-order valence-electron chi connectivity index (χ4n) is 5.88. The van der Waals surface area contributed by atoms with Crippen molar-refractivity contribution in [3.05, 3.63) is 64.2 Å². The van der Waals surface area contributed by atoms with E-state index in [0.717, 1.165) is 17.5 Å². The Hall–Kier alpha value is -2.82. The minimum atomic E-state index is -1.47. The number of aliphatic hydroxyl groups is 4. The largest absolute Gasteiger partial charge is 0.489 e. The van der Waals surface area contributed by atoms with E-state index >= 15 is 0 Å². The average molecular weight is 604 g/mol. The topological polar surface area (TPSA) is 147 Å². The van der Waals surface area contributed by atoms with Gasteiger partial charge in [0.25, 0.3) is 0 Å². The fourth-order valence-corrected chi connectivity index (χ4v) is 6.07. The van der Waals surface area contributed by atoms with E-state index in [1.54, 1.807) is 18.2 Å². The van der Waals surface area contributed by atoms with E-state index in [4.69, 9.17) is 21.1 Å². The molecule has 1 amide bonds. The molecule has 3 aliphatic rings. The van der Waals surface area contributed by atoms with Gasteiger partial charge in [-0.1, -0.05) is 35.9 Å². The van der Waals surface area contributed by atoms with Crippen molar-refractivity contribution in [2.24, 2.45) is 0 Å². The highest BCUT2D eigenvalue weighted by molar-refractivity contribution is 6.31. The van der Waals surface area contributed by atoms with E-state index in [-0.39, 0.29) is 31.5 Å². The summed E-state index contributed by atoms with van der Waals surface area (Å²) in [4.78, 5) is 15.9. The van der Waals surface area contributed by atoms with Gasteiger partial charge in [0, 0.05) is 24.5 Å². The van der Waals surface area contributed by atoms with Crippen molar-refractivity contribution < 1.29 is 39.1 Å². The molecule has 2 aromatic carbocycles. The Kier molecular flexibility index (Phi) is 9.64. The summed E-state index contributed by atoms with van der Waals surface area (Å²) < 4.78 is 25.5. The predicted octanol–water partition coefficient (Wildman–Crippen LogP) is 1.36. The second-order valence-electron chi connectivity index (χ2n) is 11.2. The quantitative estimate of drug-likeness (QED) is 0.351. The number of rotatable bonds is 8. The van der Waals surface area contributed by atoms with Crippen molar-refractivity contribution in [2.45, 2.75) is 68.1 Å². The molecule has 3 saturated heterocycles. The molecule has 4 N–H and O–H groups in total. The third kappa shape index (κ3) is 6.71. The van der Waals surface area contributed by atoms with E-state index in [9.17, 15) is 34.9 Å². The summed E-state index contributed by atoms with van der Waals surface area (Å²) in [7, 11) is 0. The lowest BCUT2D eigenvalue weighted by Crippen LogP contribution is -2.55. The normalized spacial score (nSPS) is 31.7. The van der Waals surface area contributed by atoms with Gasteiger partial charge in [0.1, 0.15) is 54.6 Å². The number of nitrogens with zero attached hydrogens (tertiary/aromatic N) is 3. The van der Waals surface area contributed by atoms with Crippen molar-refractivity contribution in [1.29, 1.82) is 5.26 Å². The lowest BCUT2D eigenvalue weighted by Gasteiger charge is -2.40. The summed E-state index contributed by atoms with van der Waals surface area (Å²) in [5.74, 6) is 0.448. The van der Waals surface area contributed by atoms with Gasteiger partial charge in [-0.05, 0) is 47.7 Å². The highest BCUT2D eigenvalue weighted by Gasteiger charge is 2.44. The monoisotopic (exact) mass is 603 g/mol. The van der Waals surface area contributed by atoms with Crippen LogP contribution in [0.25, 0.3) is 0 Å².